The van der Waals surface area contributed by atoms with Crippen LogP contribution in [0.5, 0.6) is 0 Å². The maximum Gasteiger partial charge on any atom is -0.00187 e. The number of likely N-dealkylation sites (tertiary alicyclic amines) is 1. The molecule has 0 aromatic heterocycles. The summed E-state index contributed by atoms with van der Waals surface area (Å²) in [6.45, 7) is 3.26. The second kappa shape index (κ2) is 4.58. The van der Waals surface area contributed by atoms with Crippen LogP contribution in [0.15, 0.2) is 30.3 Å². The Kier molecular flexibility index (Phi) is 3.17. The van der Waals surface area contributed by atoms with Gasteiger partial charge in [0.1, 0.15) is 0 Å². The Balaban J connectivity index is 1.92. The van der Waals surface area contributed by atoms with Crippen LogP contribution in [-0.2, 0) is 0 Å². The molecule has 1 unspecified atom stereocenters. The van der Waals surface area contributed by atoms with Gasteiger partial charge in [0.15, 0.2) is 0 Å². The lowest BCUT2D eigenvalue weighted by Crippen LogP contribution is -2.23. The van der Waals surface area contributed by atoms with Crippen molar-refractivity contribution in [3.8, 4) is 0 Å². The predicted octanol–water partition coefficient (Wildman–Crippen LogP) is 2.88. The number of nitrogens with zero attached hydrogens (tertiary/aromatic N) is 1. The molecule has 1 heterocycles. The second-order valence-corrected chi connectivity index (χ2v) is 3.97. The highest BCUT2D eigenvalue weighted by atomic mass is 15.4. The fourth-order valence-electron chi connectivity index (χ4n) is 2.01. The highest BCUT2D eigenvalue weighted by Gasteiger charge is 2.12. The van der Waals surface area contributed by atoms with E-state index in [-0.39, 0.29) is 6.04 Å². The Morgan fingerprint density at radius 1 is 1.14 bits per heavy atom. The van der Waals surface area contributed by atoms with Crippen LogP contribution in [0.2, 0.25) is 0 Å². The van der Waals surface area contributed by atoms with Gasteiger partial charge in [-0.1, -0.05) is 41.9 Å². The van der Waals surface area contributed by atoms with Crippen molar-refractivity contribution in [1.29, 1.82) is 0 Å². The van der Waals surface area contributed by atoms with E-state index >= 15 is 0 Å². The molecule has 2 rings (SSSR count). The molecule has 1 fully saturated rings. The first-order chi connectivity index (χ1) is 6.86. The molecule has 2 nitrogen and oxygen atoms in total. The zero-order valence-electron chi connectivity index (χ0n) is 8.45. The number of benzene rings is 1. The van der Waals surface area contributed by atoms with Crippen LogP contribution in [0.25, 0.3) is 5.73 Å². The van der Waals surface area contributed by atoms with Crippen LogP contribution in [0, 0.1) is 0 Å². The summed E-state index contributed by atoms with van der Waals surface area (Å²) in [6.07, 6.45) is 2.61. The van der Waals surface area contributed by atoms with Gasteiger partial charge in [-0.25, -0.2) is 0 Å². The van der Waals surface area contributed by atoms with Gasteiger partial charge in [0, 0.05) is 0 Å². The fraction of sp³-hybridized carbons (Fsp3) is 0.500. The van der Waals surface area contributed by atoms with Crippen LogP contribution in [0.1, 0.15) is 24.4 Å². The Morgan fingerprint density at radius 3 is 2.43 bits per heavy atom. The van der Waals surface area contributed by atoms with Crippen molar-refractivity contribution in [2.45, 2.75) is 18.9 Å². The van der Waals surface area contributed by atoms with Crippen molar-refractivity contribution in [1.82, 2.24) is 4.90 Å². The quantitative estimate of drug-likeness (QED) is 0.673. The molecule has 0 spiro atoms. The monoisotopic (exact) mass is 190 g/mol. The van der Waals surface area contributed by atoms with Crippen LogP contribution < -0.4 is 0 Å². The highest BCUT2D eigenvalue weighted by Crippen LogP contribution is 2.19. The van der Waals surface area contributed by atoms with Crippen LogP contribution >= 0.6 is 0 Å². The van der Waals surface area contributed by atoms with Gasteiger partial charge in [-0.15, -0.1) is 0 Å². The summed E-state index contributed by atoms with van der Waals surface area (Å²) in [5.74, 6) is 0. The first-order valence-corrected chi connectivity index (χ1v) is 5.34. The van der Waals surface area contributed by atoms with Crippen molar-refractivity contribution < 1.29 is 0 Å². The van der Waals surface area contributed by atoms with Gasteiger partial charge in [-0.05, 0) is 32.5 Å². The smallest absolute Gasteiger partial charge is 0.00187 e. The standard InChI is InChI=1S/C12H17N2/c13-12(10-14-8-4-5-9-14)11-6-2-1-3-7-11/h1-3,6-7,12-13H,4-5,8-10H2/q-1/i13+1. The molecule has 1 aromatic rings. The fourth-order valence-corrected chi connectivity index (χ4v) is 2.01. The normalized spacial score (nSPS) is 19.8. The number of rotatable bonds is 3. The topological polar surface area (TPSA) is 27.0 Å². The molecule has 0 amide bonds. The molecule has 14 heavy (non-hydrogen) atoms. The maximum atomic E-state index is 8.04. The van der Waals surface area contributed by atoms with E-state index in [9.17, 15) is 0 Å². The minimum absolute atomic E-state index is 0.0747. The van der Waals surface area contributed by atoms with Gasteiger partial charge in [0.2, 0.25) is 0 Å². The third-order valence-electron chi connectivity index (χ3n) is 2.84. The van der Waals surface area contributed by atoms with Crippen LogP contribution in [0.3, 0.4) is 0 Å². The summed E-state index contributed by atoms with van der Waals surface area (Å²) < 4.78 is 0. The van der Waals surface area contributed by atoms with Gasteiger partial charge in [0.05, 0.1) is 0 Å². The lowest BCUT2D eigenvalue weighted by Gasteiger charge is -2.26. The highest BCUT2D eigenvalue weighted by molar-refractivity contribution is 5.21. The first kappa shape index (κ1) is 9.69. The van der Waals surface area contributed by atoms with E-state index in [0.29, 0.717) is 0 Å². The van der Waals surface area contributed by atoms with E-state index in [4.69, 9.17) is 5.73 Å². The van der Waals surface area contributed by atoms with Gasteiger partial charge in [0.25, 0.3) is 0 Å². The van der Waals surface area contributed by atoms with Gasteiger partial charge >= 0.3 is 0 Å². The van der Waals surface area contributed by atoms with E-state index in [2.05, 4.69) is 4.90 Å². The maximum absolute atomic E-state index is 8.04. The number of nitrogens with one attached hydrogen (secondary N) is 1. The zero-order valence-corrected chi connectivity index (χ0v) is 8.45. The lowest BCUT2D eigenvalue weighted by molar-refractivity contribution is 0.330. The summed E-state index contributed by atoms with van der Waals surface area (Å²) in [5.41, 5.74) is 9.17. The lowest BCUT2D eigenvalue weighted by atomic mass is 10.1. The number of hydrogen-bond acceptors (Lipinski definition) is 1. The third-order valence-corrected chi connectivity index (χ3v) is 2.84. The molecule has 1 aliphatic heterocycles. The molecule has 76 valence electrons. The third kappa shape index (κ3) is 2.34. The number of hydrogen-bond donors (Lipinski definition) is 0. The van der Waals surface area contributed by atoms with Crippen molar-refractivity contribution in [3.05, 3.63) is 41.6 Å². The molecule has 0 radical (unpaired) electrons. The van der Waals surface area contributed by atoms with Crippen LogP contribution in [0.4, 0.5) is 0 Å². The van der Waals surface area contributed by atoms with Crippen molar-refractivity contribution >= 4 is 0 Å². The van der Waals surface area contributed by atoms with Gasteiger partial charge < -0.3 is 10.6 Å². The second-order valence-electron chi connectivity index (χ2n) is 3.97. The Hall–Kier alpha value is -0.860. The van der Waals surface area contributed by atoms with E-state index in [0.717, 1.165) is 12.1 Å². The largest absolute Gasteiger partial charge is 0.670 e. The molecule has 2 heteroatoms. The van der Waals surface area contributed by atoms with Gasteiger partial charge in [-0.3, -0.25) is 0 Å². The van der Waals surface area contributed by atoms with Crippen molar-refractivity contribution in [2.75, 3.05) is 19.6 Å². The minimum atomic E-state index is -0.0747. The SMILES string of the molecule is [15NH-]C(CN1CCCC1)c1ccccc1. The summed E-state index contributed by atoms with van der Waals surface area (Å²) in [6, 6.07) is 10.1. The zero-order chi connectivity index (χ0) is 9.80. The van der Waals surface area contributed by atoms with E-state index < -0.39 is 0 Å². The van der Waals surface area contributed by atoms with Crippen LogP contribution in [-0.4, -0.2) is 24.5 Å². The molecule has 0 saturated carbocycles. The summed E-state index contributed by atoms with van der Waals surface area (Å²) >= 11 is 0. The summed E-state index contributed by atoms with van der Waals surface area (Å²) in [7, 11) is 0. The average molecular weight is 190 g/mol. The Morgan fingerprint density at radius 2 is 1.79 bits per heavy atom. The summed E-state index contributed by atoms with van der Waals surface area (Å²) in [5, 5.41) is 0. The molecule has 1 atom stereocenters. The molecule has 1 saturated heterocycles. The Labute approximate surface area is 85.7 Å². The molecule has 1 aliphatic rings. The molecular weight excluding hydrogens is 173 g/mol. The molecule has 1 N–H and O–H groups in total. The van der Waals surface area contributed by atoms with Crippen molar-refractivity contribution in [2.24, 2.45) is 0 Å². The van der Waals surface area contributed by atoms with E-state index in [1.165, 1.54) is 25.9 Å². The minimum Gasteiger partial charge on any atom is -0.670 e. The molecule has 0 bridgehead atoms. The average Bonchev–Trinajstić information content (AvgIpc) is 2.72. The summed E-state index contributed by atoms with van der Waals surface area (Å²) in [4.78, 5) is 2.39. The molecule has 1 aromatic carbocycles. The Bertz CT molecular complexity index is 265. The van der Waals surface area contributed by atoms with E-state index in [1.54, 1.807) is 0 Å². The molecular formula is C12H17N2-. The first-order valence-electron chi connectivity index (χ1n) is 5.34. The van der Waals surface area contributed by atoms with E-state index in [1.807, 2.05) is 30.3 Å². The van der Waals surface area contributed by atoms with Gasteiger partial charge in [-0.2, -0.15) is 0 Å². The predicted molar refractivity (Wildman–Crippen MR) is 59.2 cm³/mol. The van der Waals surface area contributed by atoms with Crippen molar-refractivity contribution in [3.63, 3.8) is 0 Å². The molecule has 0 aliphatic carbocycles.